The Balaban J connectivity index is 1.64. The zero-order valence-electron chi connectivity index (χ0n) is 20.0. The first-order valence-corrected chi connectivity index (χ1v) is 12.2. The van der Waals surface area contributed by atoms with Crippen LogP contribution in [-0.2, 0) is 10.5 Å². The second-order valence-corrected chi connectivity index (χ2v) is 9.51. The van der Waals surface area contributed by atoms with Gasteiger partial charge >= 0.3 is 0 Å². The minimum Gasteiger partial charge on any atom is -0.497 e. The Kier molecular flexibility index (Phi) is 7.17. The molecule has 0 saturated carbocycles. The highest BCUT2D eigenvalue weighted by Crippen LogP contribution is 2.32. The average Bonchev–Trinajstić information content (AvgIpc) is 3.43. The fourth-order valence-electron chi connectivity index (χ4n) is 3.39. The van der Waals surface area contributed by atoms with Crippen molar-refractivity contribution in [2.24, 2.45) is 4.99 Å². The van der Waals surface area contributed by atoms with Crippen molar-refractivity contribution in [2.75, 3.05) is 12.0 Å². The lowest BCUT2D eigenvalue weighted by Crippen LogP contribution is -2.30. The van der Waals surface area contributed by atoms with Crippen molar-refractivity contribution in [1.29, 1.82) is 0 Å². The number of amidine groups is 1. The van der Waals surface area contributed by atoms with Gasteiger partial charge in [-0.15, -0.1) is 10.2 Å². The number of aliphatic imine (C=N–C) groups is 1. The molecule has 8 heteroatoms. The van der Waals surface area contributed by atoms with Crippen LogP contribution < -0.4 is 9.64 Å². The molecule has 1 aliphatic heterocycles. The molecule has 2 aromatic carbocycles. The van der Waals surface area contributed by atoms with Crippen LogP contribution in [0.3, 0.4) is 0 Å². The van der Waals surface area contributed by atoms with E-state index in [-0.39, 0.29) is 11.8 Å². The maximum atomic E-state index is 13.4. The quantitative estimate of drug-likeness (QED) is 0.389. The second-order valence-electron chi connectivity index (χ2n) is 8.56. The number of aromatic nitrogens is 2. The van der Waals surface area contributed by atoms with Gasteiger partial charge in [-0.25, -0.2) is 4.99 Å². The van der Waals surface area contributed by atoms with Crippen molar-refractivity contribution >= 4 is 34.6 Å². The molecular weight excluding hydrogens is 448 g/mol. The smallest absolute Gasteiger partial charge is 0.283 e. The number of anilines is 1. The van der Waals surface area contributed by atoms with Gasteiger partial charge in [0.2, 0.25) is 11.8 Å². The Labute approximate surface area is 203 Å². The van der Waals surface area contributed by atoms with Crippen LogP contribution in [-0.4, -0.2) is 28.4 Å². The van der Waals surface area contributed by atoms with Gasteiger partial charge in [0.05, 0.1) is 18.6 Å². The standard InChI is InChI=1S/C26H28N4O3S/c1-16(2)19-11-9-18(10-12-19)13-22-25(31)30(20-7-6-8-21(14-20)32-5)26(27-22)34-15-23-28-29-24(33-23)17(3)4/h6-14,16-17H,15H2,1-5H3/b22-13-. The van der Waals surface area contributed by atoms with Gasteiger partial charge in [-0.3, -0.25) is 9.69 Å². The summed E-state index contributed by atoms with van der Waals surface area (Å²) in [7, 11) is 1.60. The van der Waals surface area contributed by atoms with E-state index in [4.69, 9.17) is 9.15 Å². The molecule has 1 aromatic heterocycles. The second kappa shape index (κ2) is 10.3. The molecule has 34 heavy (non-hydrogen) atoms. The number of hydrogen-bond donors (Lipinski definition) is 0. The summed E-state index contributed by atoms with van der Waals surface area (Å²) >= 11 is 1.38. The third-order valence-electron chi connectivity index (χ3n) is 5.35. The fourth-order valence-corrected chi connectivity index (χ4v) is 4.24. The molecule has 0 aliphatic carbocycles. The Hall–Kier alpha value is -3.39. The number of hydrogen-bond acceptors (Lipinski definition) is 7. The minimum absolute atomic E-state index is 0.154. The summed E-state index contributed by atoms with van der Waals surface area (Å²) in [6.45, 7) is 8.31. The van der Waals surface area contributed by atoms with E-state index in [1.165, 1.54) is 17.3 Å². The van der Waals surface area contributed by atoms with E-state index in [1.54, 1.807) is 12.0 Å². The van der Waals surface area contributed by atoms with Crippen LogP contribution in [0.5, 0.6) is 5.75 Å². The first-order chi connectivity index (χ1) is 16.4. The number of ether oxygens (including phenoxy) is 1. The minimum atomic E-state index is -0.197. The van der Waals surface area contributed by atoms with Gasteiger partial charge < -0.3 is 9.15 Å². The van der Waals surface area contributed by atoms with E-state index in [0.717, 1.165) is 5.56 Å². The molecule has 0 saturated heterocycles. The van der Waals surface area contributed by atoms with Crippen molar-refractivity contribution in [3.8, 4) is 5.75 Å². The number of amides is 1. The lowest BCUT2D eigenvalue weighted by Gasteiger charge is -2.18. The van der Waals surface area contributed by atoms with Crippen molar-refractivity contribution in [1.82, 2.24) is 10.2 Å². The Bertz CT molecular complexity index is 1230. The first kappa shape index (κ1) is 23.8. The van der Waals surface area contributed by atoms with Crippen LogP contribution in [0.4, 0.5) is 5.69 Å². The van der Waals surface area contributed by atoms with Crippen LogP contribution in [0.15, 0.2) is 63.6 Å². The molecule has 0 radical (unpaired) electrons. The van der Waals surface area contributed by atoms with Crippen LogP contribution >= 0.6 is 11.8 Å². The number of nitrogens with zero attached hydrogens (tertiary/aromatic N) is 4. The van der Waals surface area contributed by atoms with Gasteiger partial charge in [-0.1, -0.05) is 69.8 Å². The summed E-state index contributed by atoms with van der Waals surface area (Å²) in [6, 6.07) is 15.6. The molecule has 176 valence electrons. The third-order valence-corrected chi connectivity index (χ3v) is 6.27. The molecule has 0 bridgehead atoms. The number of carbonyl (C=O) groups is 1. The summed E-state index contributed by atoms with van der Waals surface area (Å²) in [5.41, 5.74) is 3.23. The molecule has 1 amide bonds. The van der Waals surface area contributed by atoms with Gasteiger partial charge in [0, 0.05) is 12.0 Å². The molecule has 0 fully saturated rings. The molecule has 0 spiro atoms. The summed E-state index contributed by atoms with van der Waals surface area (Å²) in [5.74, 6) is 2.56. The Morgan fingerprint density at radius 3 is 2.47 bits per heavy atom. The highest BCUT2D eigenvalue weighted by atomic mass is 32.2. The molecule has 1 aliphatic rings. The zero-order valence-corrected chi connectivity index (χ0v) is 20.8. The molecule has 0 N–H and O–H groups in total. The molecule has 2 heterocycles. The first-order valence-electron chi connectivity index (χ1n) is 11.2. The SMILES string of the molecule is COc1cccc(N2C(=O)/C(=C/c3ccc(C(C)C)cc3)N=C2SCc2nnc(C(C)C)o2)c1. The molecule has 0 atom stereocenters. The van der Waals surface area contributed by atoms with Gasteiger partial charge in [0.15, 0.2) is 5.17 Å². The zero-order chi connectivity index (χ0) is 24.2. The monoisotopic (exact) mass is 476 g/mol. The van der Waals surface area contributed by atoms with Crippen LogP contribution in [0.25, 0.3) is 6.08 Å². The summed E-state index contributed by atoms with van der Waals surface area (Å²) < 4.78 is 11.1. The highest BCUT2D eigenvalue weighted by Gasteiger charge is 2.32. The number of methoxy groups -OCH3 is 1. The van der Waals surface area contributed by atoms with E-state index >= 15 is 0 Å². The van der Waals surface area contributed by atoms with Gasteiger partial charge in [0.1, 0.15) is 11.4 Å². The van der Waals surface area contributed by atoms with Crippen molar-refractivity contribution in [3.05, 3.63) is 77.1 Å². The Morgan fingerprint density at radius 2 is 1.82 bits per heavy atom. The third kappa shape index (κ3) is 5.22. The van der Waals surface area contributed by atoms with Crippen molar-refractivity contribution in [2.45, 2.75) is 45.3 Å². The van der Waals surface area contributed by atoms with E-state index < -0.39 is 0 Å². The molecular formula is C26H28N4O3S. The van der Waals surface area contributed by atoms with Crippen molar-refractivity contribution < 1.29 is 13.9 Å². The maximum absolute atomic E-state index is 13.4. The largest absolute Gasteiger partial charge is 0.497 e. The van der Waals surface area contributed by atoms with E-state index in [2.05, 4.69) is 41.2 Å². The predicted molar refractivity (Wildman–Crippen MR) is 136 cm³/mol. The maximum Gasteiger partial charge on any atom is 0.283 e. The predicted octanol–water partition coefficient (Wildman–Crippen LogP) is 6.00. The van der Waals surface area contributed by atoms with Gasteiger partial charge in [-0.2, -0.15) is 0 Å². The summed E-state index contributed by atoms with van der Waals surface area (Å²) in [5, 5.41) is 8.76. The number of benzene rings is 2. The Morgan fingerprint density at radius 1 is 1.06 bits per heavy atom. The lowest BCUT2D eigenvalue weighted by atomic mass is 10.0. The summed E-state index contributed by atoms with van der Waals surface area (Å²) in [6.07, 6.45) is 1.82. The van der Waals surface area contributed by atoms with Gasteiger partial charge in [-0.05, 0) is 35.3 Å². The highest BCUT2D eigenvalue weighted by molar-refractivity contribution is 8.13. The van der Waals surface area contributed by atoms with E-state index in [1.807, 2.05) is 56.3 Å². The van der Waals surface area contributed by atoms with E-state index in [0.29, 0.717) is 45.8 Å². The van der Waals surface area contributed by atoms with Gasteiger partial charge in [0.25, 0.3) is 5.91 Å². The molecule has 0 unspecified atom stereocenters. The van der Waals surface area contributed by atoms with E-state index in [9.17, 15) is 4.79 Å². The normalized spacial score (nSPS) is 15.0. The van der Waals surface area contributed by atoms with Crippen LogP contribution in [0.1, 0.15) is 62.4 Å². The lowest BCUT2D eigenvalue weighted by molar-refractivity contribution is -0.113. The topological polar surface area (TPSA) is 80.8 Å². The number of thioether (sulfide) groups is 1. The number of rotatable bonds is 7. The number of carbonyl (C=O) groups excluding carboxylic acids is 1. The average molecular weight is 477 g/mol. The molecule has 7 nitrogen and oxygen atoms in total. The molecule has 3 aromatic rings. The summed E-state index contributed by atoms with van der Waals surface area (Å²) in [4.78, 5) is 19.7. The molecule has 4 rings (SSSR count). The fraction of sp³-hybridized carbons (Fsp3) is 0.308. The van der Waals surface area contributed by atoms with Crippen LogP contribution in [0.2, 0.25) is 0 Å². The van der Waals surface area contributed by atoms with Crippen LogP contribution in [0, 0.1) is 0 Å². The van der Waals surface area contributed by atoms with Crippen molar-refractivity contribution in [3.63, 3.8) is 0 Å².